The second-order valence-corrected chi connectivity index (χ2v) is 9.22. The van der Waals surface area contributed by atoms with Crippen LogP contribution in [0.5, 0.6) is 0 Å². The molecular formula is C30H26N6O. The molecule has 0 saturated carbocycles. The van der Waals surface area contributed by atoms with Gasteiger partial charge in [0.2, 0.25) is 0 Å². The third-order valence-corrected chi connectivity index (χ3v) is 6.90. The molecule has 182 valence electrons. The van der Waals surface area contributed by atoms with Gasteiger partial charge in [-0.3, -0.25) is 14.8 Å². The lowest BCUT2D eigenvalue weighted by molar-refractivity contribution is 0.0937. The first-order chi connectivity index (χ1) is 18.0. The monoisotopic (exact) mass is 486 g/mol. The molecule has 7 nitrogen and oxygen atoms in total. The fourth-order valence-electron chi connectivity index (χ4n) is 4.91. The predicted octanol–water partition coefficient (Wildman–Crippen LogP) is 5.18. The number of benzene rings is 2. The minimum Gasteiger partial charge on any atom is -0.344 e. The van der Waals surface area contributed by atoms with Crippen LogP contribution in [0.25, 0.3) is 44.3 Å². The van der Waals surface area contributed by atoms with Gasteiger partial charge in [-0.05, 0) is 36.4 Å². The molecule has 6 aromatic rings. The van der Waals surface area contributed by atoms with E-state index >= 15 is 0 Å². The van der Waals surface area contributed by atoms with Crippen molar-refractivity contribution in [3.05, 3.63) is 109 Å². The molecule has 7 heteroatoms. The number of carbonyl (C=O) groups is 1. The van der Waals surface area contributed by atoms with E-state index in [0.29, 0.717) is 11.1 Å². The summed E-state index contributed by atoms with van der Waals surface area (Å²) in [6.45, 7) is 0. The minimum atomic E-state index is -0.726. The fourth-order valence-corrected chi connectivity index (χ4v) is 4.91. The van der Waals surface area contributed by atoms with E-state index in [1.165, 1.54) is 0 Å². The Morgan fingerprint density at radius 2 is 1.30 bits per heavy atom. The highest BCUT2D eigenvalue weighted by Crippen LogP contribution is 2.29. The summed E-state index contributed by atoms with van der Waals surface area (Å²) < 4.78 is 4.23. The number of para-hydroxylation sites is 2. The van der Waals surface area contributed by atoms with Gasteiger partial charge in [0.25, 0.3) is 5.91 Å². The number of pyridine rings is 2. The summed E-state index contributed by atoms with van der Waals surface area (Å²) in [5.74, 6) is -0.296. The quantitative estimate of drug-likeness (QED) is 0.329. The molecule has 0 saturated heterocycles. The van der Waals surface area contributed by atoms with Crippen LogP contribution in [0.2, 0.25) is 0 Å². The molecular weight excluding hydrogens is 460 g/mol. The Hall–Kier alpha value is -4.75. The van der Waals surface area contributed by atoms with Gasteiger partial charge in [0.05, 0.1) is 17.0 Å². The van der Waals surface area contributed by atoms with Gasteiger partial charge >= 0.3 is 0 Å². The largest absolute Gasteiger partial charge is 0.344 e. The Balaban J connectivity index is 1.25. The molecule has 0 fully saturated rings. The second-order valence-electron chi connectivity index (χ2n) is 9.22. The SMILES string of the molecule is Cn1c(-c2cncc(C(=O)NC(N)c3cncc(-c4cc5ccccc5n4C)c3)c2)cc2ccccc21. The Morgan fingerprint density at radius 1 is 0.757 bits per heavy atom. The zero-order valence-electron chi connectivity index (χ0n) is 20.6. The number of nitrogens with two attached hydrogens (primary N) is 1. The van der Waals surface area contributed by atoms with E-state index < -0.39 is 6.17 Å². The van der Waals surface area contributed by atoms with Crippen LogP contribution in [-0.2, 0) is 14.1 Å². The van der Waals surface area contributed by atoms with E-state index in [1.807, 2.05) is 56.7 Å². The summed E-state index contributed by atoms with van der Waals surface area (Å²) in [5.41, 5.74) is 13.6. The van der Waals surface area contributed by atoms with Gasteiger partial charge in [-0.25, -0.2) is 0 Å². The Kier molecular flexibility index (Phi) is 5.54. The molecule has 0 aliphatic carbocycles. The Labute approximate surface area is 214 Å². The first-order valence-electron chi connectivity index (χ1n) is 12.1. The summed E-state index contributed by atoms with van der Waals surface area (Å²) in [7, 11) is 4.04. The summed E-state index contributed by atoms with van der Waals surface area (Å²) in [5, 5.41) is 5.19. The van der Waals surface area contributed by atoms with Gasteiger partial charge < -0.3 is 20.2 Å². The number of rotatable bonds is 5. The number of carbonyl (C=O) groups excluding carboxylic acids is 1. The van der Waals surface area contributed by atoms with E-state index in [4.69, 9.17) is 5.73 Å². The van der Waals surface area contributed by atoms with E-state index in [2.05, 4.69) is 60.8 Å². The van der Waals surface area contributed by atoms with Gasteiger partial charge in [-0.1, -0.05) is 36.4 Å². The highest BCUT2D eigenvalue weighted by Gasteiger charge is 2.16. The number of amides is 1. The lowest BCUT2D eigenvalue weighted by atomic mass is 10.1. The molecule has 1 unspecified atom stereocenters. The van der Waals surface area contributed by atoms with Gasteiger partial charge in [-0.15, -0.1) is 0 Å². The van der Waals surface area contributed by atoms with Crippen molar-refractivity contribution in [2.75, 3.05) is 0 Å². The molecule has 0 aliphatic heterocycles. The second kappa shape index (κ2) is 9.04. The van der Waals surface area contributed by atoms with E-state index in [-0.39, 0.29) is 5.91 Å². The Bertz CT molecular complexity index is 1780. The number of fused-ring (bicyclic) bond motifs is 2. The molecule has 0 aliphatic rings. The van der Waals surface area contributed by atoms with E-state index in [0.717, 1.165) is 44.3 Å². The fraction of sp³-hybridized carbons (Fsp3) is 0.100. The van der Waals surface area contributed by atoms with Crippen LogP contribution in [0.1, 0.15) is 22.1 Å². The number of hydrogen-bond donors (Lipinski definition) is 2. The summed E-state index contributed by atoms with van der Waals surface area (Å²) in [4.78, 5) is 21.9. The molecule has 2 aromatic carbocycles. The minimum absolute atomic E-state index is 0.296. The molecule has 1 atom stereocenters. The third kappa shape index (κ3) is 4.05. The number of aryl methyl sites for hydroxylation is 2. The van der Waals surface area contributed by atoms with Crippen LogP contribution >= 0.6 is 0 Å². The molecule has 1 amide bonds. The highest BCUT2D eigenvalue weighted by atomic mass is 16.1. The van der Waals surface area contributed by atoms with Crippen LogP contribution in [0.3, 0.4) is 0 Å². The van der Waals surface area contributed by atoms with E-state index in [1.54, 1.807) is 18.6 Å². The molecule has 0 radical (unpaired) electrons. The van der Waals surface area contributed by atoms with Crippen LogP contribution in [0, 0.1) is 0 Å². The molecule has 0 spiro atoms. The number of nitrogens with zero attached hydrogens (tertiary/aromatic N) is 4. The van der Waals surface area contributed by atoms with Crippen molar-refractivity contribution in [2.24, 2.45) is 19.8 Å². The molecule has 4 heterocycles. The zero-order chi connectivity index (χ0) is 25.5. The van der Waals surface area contributed by atoms with Gasteiger partial charge in [-0.2, -0.15) is 0 Å². The first kappa shape index (κ1) is 22.7. The molecule has 4 aromatic heterocycles. The topological polar surface area (TPSA) is 90.8 Å². The maximum Gasteiger partial charge on any atom is 0.254 e. The smallest absolute Gasteiger partial charge is 0.254 e. The predicted molar refractivity (Wildman–Crippen MR) is 147 cm³/mol. The maximum absolute atomic E-state index is 13.1. The molecule has 3 N–H and O–H groups in total. The van der Waals surface area contributed by atoms with Crippen LogP contribution < -0.4 is 11.1 Å². The Morgan fingerprint density at radius 3 is 1.89 bits per heavy atom. The van der Waals surface area contributed by atoms with Crippen LogP contribution in [0.4, 0.5) is 0 Å². The standard InChI is InChI=1S/C30H26N6O/c1-35-25-9-5-3-7-19(25)13-27(35)21-11-23(17-32-15-21)29(31)34-30(37)24-12-22(16-33-18-24)28-14-20-8-4-6-10-26(20)36(28)2/h3-18,29H,31H2,1-2H3,(H,34,37). The van der Waals surface area contributed by atoms with Gasteiger partial charge in [0.15, 0.2) is 0 Å². The van der Waals surface area contributed by atoms with Crippen molar-refractivity contribution in [1.82, 2.24) is 24.4 Å². The maximum atomic E-state index is 13.1. The van der Waals surface area contributed by atoms with Crippen LogP contribution in [0.15, 0.2) is 97.6 Å². The molecule has 37 heavy (non-hydrogen) atoms. The van der Waals surface area contributed by atoms with Crippen molar-refractivity contribution in [1.29, 1.82) is 0 Å². The normalized spacial score (nSPS) is 12.2. The van der Waals surface area contributed by atoms with Crippen molar-refractivity contribution in [2.45, 2.75) is 6.17 Å². The van der Waals surface area contributed by atoms with Gasteiger partial charge in [0.1, 0.15) is 6.17 Å². The summed E-state index contributed by atoms with van der Waals surface area (Å²) in [6, 6.07) is 24.4. The lowest BCUT2D eigenvalue weighted by Gasteiger charge is -2.15. The number of hydrogen-bond acceptors (Lipinski definition) is 4. The highest BCUT2D eigenvalue weighted by molar-refractivity contribution is 5.96. The van der Waals surface area contributed by atoms with Crippen molar-refractivity contribution in [3.8, 4) is 22.5 Å². The number of nitrogens with one attached hydrogen (secondary N) is 1. The van der Waals surface area contributed by atoms with Crippen LogP contribution in [-0.4, -0.2) is 25.0 Å². The summed E-state index contributed by atoms with van der Waals surface area (Å²) in [6.07, 6.45) is 6.08. The van der Waals surface area contributed by atoms with Crippen molar-refractivity contribution < 1.29 is 4.79 Å². The van der Waals surface area contributed by atoms with E-state index in [9.17, 15) is 4.79 Å². The zero-order valence-corrected chi connectivity index (χ0v) is 20.6. The molecule has 0 bridgehead atoms. The van der Waals surface area contributed by atoms with Crippen molar-refractivity contribution >= 4 is 27.7 Å². The lowest BCUT2D eigenvalue weighted by Crippen LogP contribution is -2.34. The summed E-state index contributed by atoms with van der Waals surface area (Å²) >= 11 is 0. The molecule has 6 rings (SSSR count). The van der Waals surface area contributed by atoms with Crippen molar-refractivity contribution in [3.63, 3.8) is 0 Å². The number of aromatic nitrogens is 4. The van der Waals surface area contributed by atoms with Gasteiger partial charge in [0, 0.05) is 77.4 Å². The first-order valence-corrected chi connectivity index (χ1v) is 12.1. The average molecular weight is 487 g/mol. The third-order valence-electron chi connectivity index (χ3n) is 6.90. The average Bonchev–Trinajstić information content (AvgIpc) is 3.46.